The Morgan fingerprint density at radius 1 is 1.00 bits per heavy atom. The van der Waals surface area contributed by atoms with Crippen molar-refractivity contribution >= 4 is 27.6 Å². The van der Waals surface area contributed by atoms with E-state index in [0.29, 0.717) is 24.4 Å². The fraction of sp³-hybridized carbons (Fsp3) is 0.226. The first-order chi connectivity index (χ1) is 18.4. The molecular formula is C31H30N2O5. The molecule has 38 heavy (non-hydrogen) atoms. The van der Waals surface area contributed by atoms with Gasteiger partial charge in [0.25, 0.3) is 5.56 Å². The molecule has 0 amide bonds. The van der Waals surface area contributed by atoms with E-state index in [1.54, 1.807) is 24.7 Å². The molecule has 1 atom stereocenters. The number of methoxy groups -OCH3 is 2. The molecule has 0 radical (unpaired) electrons. The Morgan fingerprint density at radius 2 is 1.71 bits per heavy atom. The smallest absolute Gasteiger partial charge is 0.306 e. The van der Waals surface area contributed by atoms with Crippen LogP contribution in [0.4, 0.5) is 0 Å². The van der Waals surface area contributed by atoms with Gasteiger partial charge in [0.2, 0.25) is 0 Å². The average molecular weight is 511 g/mol. The van der Waals surface area contributed by atoms with Crippen LogP contribution in [-0.4, -0.2) is 34.8 Å². The van der Waals surface area contributed by atoms with Gasteiger partial charge in [0, 0.05) is 40.6 Å². The zero-order chi connectivity index (χ0) is 26.8. The predicted molar refractivity (Wildman–Crippen MR) is 148 cm³/mol. The van der Waals surface area contributed by atoms with Gasteiger partial charge in [-0.2, -0.15) is 0 Å². The molecule has 0 aliphatic rings. The molecule has 194 valence electrons. The highest BCUT2D eigenvalue weighted by Gasteiger charge is 2.28. The first-order valence-corrected chi connectivity index (χ1v) is 12.5. The van der Waals surface area contributed by atoms with Crippen LogP contribution in [0.5, 0.6) is 11.5 Å². The van der Waals surface area contributed by atoms with E-state index in [-0.39, 0.29) is 23.3 Å². The lowest BCUT2D eigenvalue weighted by atomic mass is 9.85. The van der Waals surface area contributed by atoms with Gasteiger partial charge in [-0.15, -0.1) is 0 Å². The highest BCUT2D eigenvalue weighted by Crippen LogP contribution is 2.39. The Morgan fingerprint density at radius 3 is 2.45 bits per heavy atom. The number of aromatic nitrogens is 2. The van der Waals surface area contributed by atoms with E-state index in [4.69, 9.17) is 9.47 Å². The molecule has 0 saturated carbocycles. The van der Waals surface area contributed by atoms with Gasteiger partial charge in [0.15, 0.2) is 0 Å². The molecule has 0 bridgehead atoms. The van der Waals surface area contributed by atoms with Crippen molar-refractivity contribution in [2.24, 2.45) is 0 Å². The molecule has 0 fully saturated rings. The van der Waals surface area contributed by atoms with Crippen molar-refractivity contribution in [1.29, 1.82) is 0 Å². The Balaban J connectivity index is 1.62. The van der Waals surface area contributed by atoms with Crippen molar-refractivity contribution in [3.8, 4) is 11.5 Å². The van der Waals surface area contributed by atoms with Gasteiger partial charge in [-0.3, -0.25) is 9.59 Å². The lowest BCUT2D eigenvalue weighted by Crippen LogP contribution is -2.29. The van der Waals surface area contributed by atoms with Gasteiger partial charge in [0.1, 0.15) is 11.5 Å². The molecule has 0 aliphatic carbocycles. The van der Waals surface area contributed by atoms with Gasteiger partial charge >= 0.3 is 5.97 Å². The second kappa shape index (κ2) is 10.5. The van der Waals surface area contributed by atoms with E-state index in [1.807, 2.05) is 60.8 Å². The fourth-order valence-electron chi connectivity index (χ4n) is 5.34. The largest absolute Gasteiger partial charge is 0.507 e. The van der Waals surface area contributed by atoms with E-state index in [9.17, 15) is 14.7 Å². The molecule has 2 N–H and O–H groups in total. The topological polar surface area (TPSA) is 93.5 Å². The number of esters is 1. The maximum absolute atomic E-state index is 14.0. The number of pyridine rings is 1. The van der Waals surface area contributed by atoms with Crippen LogP contribution < -0.4 is 10.3 Å². The first-order valence-electron chi connectivity index (χ1n) is 12.5. The van der Waals surface area contributed by atoms with Crippen LogP contribution >= 0.6 is 0 Å². The Bertz CT molecular complexity index is 1700. The average Bonchev–Trinajstić information content (AvgIpc) is 3.34. The van der Waals surface area contributed by atoms with Gasteiger partial charge in [-0.05, 0) is 48.1 Å². The number of hydrogen-bond donors (Lipinski definition) is 2. The number of aryl methyl sites for hydroxylation is 2. The number of nitrogens with zero attached hydrogens (tertiary/aromatic N) is 1. The summed E-state index contributed by atoms with van der Waals surface area (Å²) in [5.41, 5.74) is 3.39. The molecule has 2 heterocycles. The molecule has 0 spiro atoms. The van der Waals surface area contributed by atoms with E-state index in [1.165, 1.54) is 7.11 Å². The Hall–Kier alpha value is -4.52. The second-order valence-electron chi connectivity index (χ2n) is 9.39. The maximum Gasteiger partial charge on any atom is 0.306 e. The highest BCUT2D eigenvalue weighted by molar-refractivity contribution is 5.92. The molecule has 3 aromatic carbocycles. The van der Waals surface area contributed by atoms with Crippen LogP contribution in [0.1, 0.15) is 34.7 Å². The number of rotatable bonds is 8. The summed E-state index contributed by atoms with van der Waals surface area (Å²) >= 11 is 0. The number of benzene rings is 3. The number of aromatic hydroxyl groups is 1. The lowest BCUT2D eigenvalue weighted by Gasteiger charge is -2.22. The summed E-state index contributed by atoms with van der Waals surface area (Å²) in [6.07, 6.45) is 2.50. The Kier molecular flexibility index (Phi) is 6.92. The molecule has 7 heteroatoms. The summed E-state index contributed by atoms with van der Waals surface area (Å²) < 4.78 is 12.2. The quantitative estimate of drug-likeness (QED) is 0.271. The van der Waals surface area contributed by atoms with Crippen molar-refractivity contribution in [3.63, 3.8) is 0 Å². The normalized spacial score (nSPS) is 12.1. The van der Waals surface area contributed by atoms with Gasteiger partial charge < -0.3 is 24.1 Å². The van der Waals surface area contributed by atoms with Crippen molar-refractivity contribution in [1.82, 2.24) is 9.55 Å². The molecule has 2 aromatic heterocycles. The molecule has 5 aromatic rings. The molecular weight excluding hydrogens is 480 g/mol. The van der Waals surface area contributed by atoms with Crippen LogP contribution in [0.3, 0.4) is 0 Å². The van der Waals surface area contributed by atoms with E-state index >= 15 is 0 Å². The third-order valence-corrected chi connectivity index (χ3v) is 7.26. The summed E-state index contributed by atoms with van der Waals surface area (Å²) in [5.74, 6) is -0.639. The minimum Gasteiger partial charge on any atom is -0.507 e. The zero-order valence-corrected chi connectivity index (χ0v) is 21.7. The third kappa shape index (κ3) is 4.52. The fourth-order valence-corrected chi connectivity index (χ4v) is 5.34. The van der Waals surface area contributed by atoms with Crippen LogP contribution in [0.25, 0.3) is 21.7 Å². The Labute approximate surface area is 220 Å². The zero-order valence-electron chi connectivity index (χ0n) is 21.7. The van der Waals surface area contributed by atoms with Crippen LogP contribution in [0.2, 0.25) is 0 Å². The van der Waals surface area contributed by atoms with Crippen molar-refractivity contribution in [2.45, 2.75) is 32.2 Å². The molecule has 1 unspecified atom stereocenters. The number of hydrogen-bond acceptors (Lipinski definition) is 5. The summed E-state index contributed by atoms with van der Waals surface area (Å²) in [4.78, 5) is 29.8. The van der Waals surface area contributed by atoms with Crippen molar-refractivity contribution in [3.05, 3.63) is 106 Å². The minimum atomic E-state index is -0.717. The van der Waals surface area contributed by atoms with E-state index in [0.717, 1.165) is 32.8 Å². The monoisotopic (exact) mass is 510 g/mol. The number of fused-ring (bicyclic) bond motifs is 2. The third-order valence-electron chi connectivity index (χ3n) is 7.26. The number of aromatic amines is 1. The standard InChI is InChI=1S/C31H30N2O5/c1-19-16-27(34)30(31(36)33(19)15-14-20-18-32-26-11-7-6-8-21(20)26)25(17-29(35)38-3)23-12-13-28(37-2)24-10-5-4-9-22(23)24/h4-13,16,18,25,32,34H,14-15,17H2,1-3H3. The number of nitrogens with one attached hydrogen (secondary N) is 1. The van der Waals surface area contributed by atoms with Crippen LogP contribution in [0, 0.1) is 6.92 Å². The first kappa shape index (κ1) is 25.1. The van der Waals surface area contributed by atoms with Gasteiger partial charge in [-0.25, -0.2) is 0 Å². The number of carbonyl (C=O) groups excluding carboxylic acids is 1. The lowest BCUT2D eigenvalue weighted by molar-refractivity contribution is -0.140. The SMILES string of the molecule is COC(=O)CC(c1c(O)cc(C)n(CCc2c[nH]c3ccccc23)c1=O)c1ccc(OC)c2ccccc12. The second-order valence-corrected chi connectivity index (χ2v) is 9.39. The van der Waals surface area contributed by atoms with Gasteiger partial charge in [-0.1, -0.05) is 48.5 Å². The minimum absolute atomic E-state index is 0.0961. The molecule has 0 saturated heterocycles. The maximum atomic E-state index is 14.0. The van der Waals surface area contributed by atoms with E-state index < -0.39 is 11.9 Å². The highest BCUT2D eigenvalue weighted by atomic mass is 16.5. The molecule has 5 rings (SSSR count). The van der Waals surface area contributed by atoms with Gasteiger partial charge in [0.05, 0.1) is 26.2 Å². The van der Waals surface area contributed by atoms with Crippen LogP contribution in [0.15, 0.2) is 77.7 Å². The number of para-hydroxylation sites is 1. The van der Waals surface area contributed by atoms with Crippen LogP contribution in [-0.2, 0) is 22.5 Å². The summed E-state index contributed by atoms with van der Waals surface area (Å²) in [6, 6.07) is 21.0. The number of ether oxygens (including phenoxy) is 2. The van der Waals surface area contributed by atoms with Crippen molar-refractivity contribution in [2.75, 3.05) is 14.2 Å². The number of H-pyrrole nitrogens is 1. The predicted octanol–water partition coefficient (Wildman–Crippen LogP) is 5.44. The van der Waals surface area contributed by atoms with E-state index in [2.05, 4.69) is 11.1 Å². The summed E-state index contributed by atoms with van der Waals surface area (Å²) in [6.45, 7) is 2.23. The summed E-state index contributed by atoms with van der Waals surface area (Å²) in [5, 5.41) is 13.9. The molecule has 0 aliphatic heterocycles. The number of carbonyl (C=O) groups is 1. The summed E-state index contributed by atoms with van der Waals surface area (Å²) in [7, 11) is 2.92. The molecule has 7 nitrogen and oxygen atoms in total. The van der Waals surface area contributed by atoms with Crippen molar-refractivity contribution < 1.29 is 19.4 Å².